The first kappa shape index (κ1) is 16.6. The van der Waals surface area contributed by atoms with Gasteiger partial charge in [-0.3, -0.25) is 4.79 Å². The van der Waals surface area contributed by atoms with Crippen molar-refractivity contribution in [2.75, 3.05) is 6.54 Å². The fraction of sp³-hybridized carbons (Fsp3) is 0.917. The molecule has 1 aliphatic heterocycles. The van der Waals surface area contributed by atoms with Gasteiger partial charge in [-0.1, -0.05) is 12.8 Å². The fourth-order valence-corrected chi connectivity index (χ4v) is 2.97. The smallest absolute Gasteiger partial charge is 0.354 e. The van der Waals surface area contributed by atoms with Crippen molar-refractivity contribution in [1.82, 2.24) is 10.6 Å². The molecule has 1 saturated heterocycles. The molecule has 1 amide bonds. The molecule has 2 rings (SSSR count). The molecule has 2 fully saturated rings. The first-order valence-electron chi connectivity index (χ1n) is 6.56. The lowest BCUT2D eigenvalue weighted by atomic mass is 9.85. The van der Waals surface area contributed by atoms with Gasteiger partial charge in [-0.2, -0.15) is 13.2 Å². The highest BCUT2D eigenvalue weighted by Gasteiger charge is 2.38. The Bertz CT molecular complexity index is 298. The molecule has 3 nitrogen and oxygen atoms in total. The van der Waals surface area contributed by atoms with Crippen LogP contribution >= 0.6 is 12.4 Å². The second-order valence-corrected chi connectivity index (χ2v) is 5.26. The van der Waals surface area contributed by atoms with Gasteiger partial charge >= 0.3 is 6.18 Å². The minimum absolute atomic E-state index is 0. The van der Waals surface area contributed by atoms with E-state index in [9.17, 15) is 18.0 Å². The molecule has 3 unspecified atom stereocenters. The molecule has 0 radical (unpaired) electrons. The second-order valence-electron chi connectivity index (χ2n) is 5.26. The lowest BCUT2D eigenvalue weighted by Crippen LogP contribution is -2.43. The van der Waals surface area contributed by atoms with Crippen molar-refractivity contribution in [2.24, 2.45) is 5.92 Å². The van der Waals surface area contributed by atoms with Crippen molar-refractivity contribution in [1.29, 1.82) is 0 Å². The van der Waals surface area contributed by atoms with Crippen LogP contribution in [-0.2, 0) is 4.79 Å². The van der Waals surface area contributed by atoms with Gasteiger partial charge in [0.1, 0.15) is 0 Å². The highest BCUT2D eigenvalue weighted by atomic mass is 35.5. The maximum atomic E-state index is 12.0. The van der Waals surface area contributed by atoms with Gasteiger partial charge in [-0.05, 0) is 25.2 Å². The number of carbonyl (C=O) groups excluding carboxylic acids is 1. The zero-order valence-corrected chi connectivity index (χ0v) is 11.4. The second kappa shape index (κ2) is 6.79. The van der Waals surface area contributed by atoms with Crippen molar-refractivity contribution in [3.8, 4) is 0 Å². The van der Waals surface area contributed by atoms with Gasteiger partial charge in [-0.15, -0.1) is 12.4 Å². The van der Waals surface area contributed by atoms with Crippen LogP contribution < -0.4 is 10.6 Å². The molecule has 0 aromatic rings. The Hall–Kier alpha value is -0.490. The van der Waals surface area contributed by atoms with E-state index < -0.39 is 12.6 Å². The first-order valence-corrected chi connectivity index (χ1v) is 6.56. The summed E-state index contributed by atoms with van der Waals surface area (Å²) in [6.45, 7) is -0.324. The van der Waals surface area contributed by atoms with E-state index >= 15 is 0 Å². The van der Waals surface area contributed by atoms with Crippen molar-refractivity contribution < 1.29 is 18.0 Å². The van der Waals surface area contributed by atoms with Crippen LogP contribution in [0.2, 0.25) is 0 Å². The predicted octanol–water partition coefficient (Wildman–Crippen LogP) is 2.40. The molecule has 1 aliphatic carbocycles. The van der Waals surface area contributed by atoms with Crippen molar-refractivity contribution in [2.45, 2.75) is 56.8 Å². The SMILES string of the molecule is Cl.O=C(NCCC(F)(F)F)C1CC2CCCCC2N1. The van der Waals surface area contributed by atoms with E-state index in [-0.39, 0.29) is 30.9 Å². The Morgan fingerprint density at radius 2 is 1.95 bits per heavy atom. The van der Waals surface area contributed by atoms with E-state index in [4.69, 9.17) is 0 Å². The van der Waals surface area contributed by atoms with E-state index in [1.165, 1.54) is 12.8 Å². The third kappa shape index (κ3) is 4.84. The van der Waals surface area contributed by atoms with E-state index in [0.717, 1.165) is 19.3 Å². The van der Waals surface area contributed by atoms with Gasteiger partial charge in [0.25, 0.3) is 0 Å². The van der Waals surface area contributed by atoms with Gasteiger partial charge in [-0.25, -0.2) is 0 Å². The van der Waals surface area contributed by atoms with Crippen molar-refractivity contribution in [3.63, 3.8) is 0 Å². The summed E-state index contributed by atoms with van der Waals surface area (Å²) < 4.78 is 35.9. The molecule has 7 heteroatoms. The summed E-state index contributed by atoms with van der Waals surface area (Å²) in [6.07, 6.45) is 0.189. The number of halogens is 4. The highest BCUT2D eigenvalue weighted by Crippen LogP contribution is 2.33. The fourth-order valence-electron chi connectivity index (χ4n) is 2.97. The first-order chi connectivity index (χ1) is 8.46. The monoisotopic (exact) mass is 300 g/mol. The van der Waals surface area contributed by atoms with E-state index in [2.05, 4.69) is 10.6 Å². The topological polar surface area (TPSA) is 41.1 Å². The molecular formula is C12H20ClF3N2O. The summed E-state index contributed by atoms with van der Waals surface area (Å²) >= 11 is 0. The van der Waals surface area contributed by atoms with E-state index in [1.54, 1.807) is 0 Å². The van der Waals surface area contributed by atoms with Gasteiger partial charge in [0.05, 0.1) is 12.5 Å². The molecule has 2 N–H and O–H groups in total. The quantitative estimate of drug-likeness (QED) is 0.840. The van der Waals surface area contributed by atoms with Crippen LogP contribution in [0.15, 0.2) is 0 Å². The number of fused-ring (bicyclic) bond motifs is 1. The highest BCUT2D eigenvalue weighted by molar-refractivity contribution is 5.85. The molecular weight excluding hydrogens is 281 g/mol. The van der Waals surface area contributed by atoms with Gasteiger partial charge in [0, 0.05) is 12.6 Å². The summed E-state index contributed by atoms with van der Waals surface area (Å²) in [7, 11) is 0. The molecule has 1 heterocycles. The van der Waals surface area contributed by atoms with E-state index in [1.807, 2.05) is 0 Å². The van der Waals surface area contributed by atoms with Crippen LogP contribution in [0.25, 0.3) is 0 Å². The third-order valence-electron chi connectivity index (χ3n) is 3.89. The van der Waals surface area contributed by atoms with E-state index in [0.29, 0.717) is 12.0 Å². The molecule has 19 heavy (non-hydrogen) atoms. The number of amides is 1. The lowest BCUT2D eigenvalue weighted by Gasteiger charge is -2.24. The third-order valence-corrected chi connectivity index (χ3v) is 3.89. The van der Waals surface area contributed by atoms with Crippen LogP contribution in [0.1, 0.15) is 38.5 Å². The maximum Gasteiger partial charge on any atom is 0.390 e. The summed E-state index contributed by atoms with van der Waals surface area (Å²) in [6, 6.07) is 0.0865. The standard InChI is InChI=1S/C12H19F3N2O.ClH/c13-12(14,15)5-6-16-11(18)10-7-8-3-1-2-4-9(8)17-10;/h8-10,17H,1-7H2,(H,16,18);1H. The summed E-state index contributed by atoms with van der Waals surface area (Å²) in [5.74, 6) is 0.241. The molecule has 0 spiro atoms. The van der Waals surface area contributed by atoms with Crippen LogP contribution in [-0.4, -0.2) is 30.7 Å². The summed E-state index contributed by atoms with van der Waals surface area (Å²) in [5, 5.41) is 5.62. The van der Waals surface area contributed by atoms with Crippen LogP contribution in [0, 0.1) is 5.92 Å². The average Bonchev–Trinajstić information content (AvgIpc) is 2.70. The number of nitrogens with one attached hydrogen (secondary N) is 2. The Kier molecular flexibility index (Phi) is 5.92. The summed E-state index contributed by atoms with van der Waals surface area (Å²) in [5.41, 5.74) is 0. The minimum Gasteiger partial charge on any atom is -0.354 e. The largest absolute Gasteiger partial charge is 0.390 e. The van der Waals surface area contributed by atoms with Gasteiger partial charge in [0.2, 0.25) is 5.91 Å². The van der Waals surface area contributed by atoms with Crippen LogP contribution in [0.4, 0.5) is 13.2 Å². The van der Waals surface area contributed by atoms with Gasteiger partial charge in [0.15, 0.2) is 0 Å². The molecule has 112 valence electrons. The maximum absolute atomic E-state index is 12.0. The number of carbonyl (C=O) groups is 1. The van der Waals surface area contributed by atoms with Crippen molar-refractivity contribution >= 4 is 18.3 Å². The molecule has 1 saturated carbocycles. The van der Waals surface area contributed by atoms with Crippen LogP contribution in [0.5, 0.6) is 0 Å². The molecule has 0 aromatic heterocycles. The number of alkyl halides is 3. The number of rotatable bonds is 3. The molecule has 3 atom stereocenters. The van der Waals surface area contributed by atoms with Crippen molar-refractivity contribution in [3.05, 3.63) is 0 Å². The zero-order chi connectivity index (χ0) is 13.2. The molecule has 2 aliphatic rings. The normalized spacial score (nSPS) is 30.4. The zero-order valence-electron chi connectivity index (χ0n) is 10.6. The van der Waals surface area contributed by atoms with Crippen LogP contribution in [0.3, 0.4) is 0 Å². The minimum atomic E-state index is -4.20. The Morgan fingerprint density at radius 1 is 1.26 bits per heavy atom. The average molecular weight is 301 g/mol. The Morgan fingerprint density at radius 3 is 2.58 bits per heavy atom. The predicted molar refractivity (Wildman–Crippen MR) is 68.2 cm³/mol. The number of hydrogen-bond acceptors (Lipinski definition) is 2. The number of hydrogen-bond donors (Lipinski definition) is 2. The molecule has 0 bridgehead atoms. The summed E-state index contributed by atoms with van der Waals surface area (Å²) in [4.78, 5) is 11.7. The Labute approximate surface area is 117 Å². The van der Waals surface area contributed by atoms with Gasteiger partial charge < -0.3 is 10.6 Å². The Balaban J connectivity index is 0.00000180. The lowest BCUT2D eigenvalue weighted by molar-refractivity contribution is -0.136. The molecule has 0 aromatic carbocycles.